The summed E-state index contributed by atoms with van der Waals surface area (Å²) in [6.07, 6.45) is 0. The highest BCUT2D eigenvalue weighted by atomic mass is 35.5. The number of imidazole rings is 1. The Morgan fingerprint density at radius 3 is 2.65 bits per heavy atom. The number of rotatable bonds is 1. The number of fused-ring (bicyclic) bond motifs is 1. The van der Waals surface area contributed by atoms with Gasteiger partial charge in [-0.2, -0.15) is 0 Å². The Kier molecular flexibility index (Phi) is 2.91. The van der Waals surface area contributed by atoms with Gasteiger partial charge in [0.25, 0.3) is 0 Å². The lowest BCUT2D eigenvalue weighted by Crippen LogP contribution is -1.98. The third kappa shape index (κ3) is 1.93. The summed E-state index contributed by atoms with van der Waals surface area (Å²) in [5, 5.41) is 0.300. The van der Waals surface area contributed by atoms with Crippen LogP contribution in [0.1, 0.15) is 11.3 Å². The minimum Gasteiger partial charge on any atom is -0.383 e. The maximum atomic E-state index is 13.1. The van der Waals surface area contributed by atoms with Crippen LogP contribution in [0, 0.1) is 19.7 Å². The van der Waals surface area contributed by atoms with E-state index in [2.05, 4.69) is 4.98 Å². The fourth-order valence-corrected chi connectivity index (χ4v) is 2.69. The molecular weight excluding hydrogens is 277 g/mol. The van der Waals surface area contributed by atoms with Crippen LogP contribution in [-0.4, -0.2) is 9.38 Å². The first-order valence-electron chi connectivity index (χ1n) is 6.18. The molecule has 2 N–H and O–H groups in total. The van der Waals surface area contributed by atoms with E-state index < -0.39 is 0 Å². The molecule has 3 rings (SSSR count). The van der Waals surface area contributed by atoms with Crippen LogP contribution in [0.2, 0.25) is 5.02 Å². The monoisotopic (exact) mass is 289 g/mol. The molecule has 0 aliphatic rings. The maximum absolute atomic E-state index is 13.1. The number of anilines is 1. The van der Waals surface area contributed by atoms with Crippen molar-refractivity contribution in [2.45, 2.75) is 13.8 Å². The van der Waals surface area contributed by atoms with Crippen molar-refractivity contribution in [2.75, 3.05) is 5.73 Å². The number of pyridine rings is 1. The second-order valence-corrected chi connectivity index (χ2v) is 5.24. The Morgan fingerprint density at radius 1 is 1.20 bits per heavy atom. The minimum atomic E-state index is -0.381. The van der Waals surface area contributed by atoms with E-state index in [1.807, 2.05) is 30.4 Å². The Labute approximate surface area is 120 Å². The predicted octanol–water partition coefficient (Wildman–Crippen LogP) is 3.99. The van der Waals surface area contributed by atoms with Crippen LogP contribution in [0.15, 0.2) is 30.3 Å². The molecule has 0 aliphatic heterocycles. The minimum absolute atomic E-state index is 0.300. The lowest BCUT2D eigenvalue weighted by molar-refractivity contribution is 0.628. The second kappa shape index (κ2) is 4.49. The van der Waals surface area contributed by atoms with Gasteiger partial charge in [-0.05, 0) is 49.7 Å². The van der Waals surface area contributed by atoms with Crippen LogP contribution in [0.4, 0.5) is 10.2 Å². The highest BCUT2D eigenvalue weighted by molar-refractivity contribution is 6.33. The number of nitrogens with zero attached hydrogens (tertiary/aromatic N) is 2. The standard InChI is InChI=1S/C15H13ClFN3/c1-8-5-9(2)20-13(6-8)19-14(15(20)18)11-4-3-10(17)7-12(11)16/h3-7H,18H2,1-2H3. The Morgan fingerprint density at radius 2 is 1.95 bits per heavy atom. The summed E-state index contributed by atoms with van der Waals surface area (Å²) in [4.78, 5) is 4.53. The van der Waals surface area contributed by atoms with Crippen LogP contribution in [0.3, 0.4) is 0 Å². The maximum Gasteiger partial charge on any atom is 0.139 e. The molecule has 0 unspecified atom stereocenters. The average molecular weight is 290 g/mol. The fourth-order valence-electron chi connectivity index (χ4n) is 2.44. The summed E-state index contributed by atoms with van der Waals surface area (Å²) in [6, 6.07) is 8.19. The zero-order valence-corrected chi connectivity index (χ0v) is 11.9. The summed E-state index contributed by atoms with van der Waals surface area (Å²) >= 11 is 6.09. The van der Waals surface area contributed by atoms with E-state index in [4.69, 9.17) is 17.3 Å². The van der Waals surface area contributed by atoms with Gasteiger partial charge >= 0.3 is 0 Å². The van der Waals surface area contributed by atoms with Crippen LogP contribution in [0.5, 0.6) is 0 Å². The van der Waals surface area contributed by atoms with E-state index in [9.17, 15) is 4.39 Å². The van der Waals surface area contributed by atoms with Crippen molar-refractivity contribution in [1.29, 1.82) is 0 Å². The third-order valence-electron chi connectivity index (χ3n) is 3.27. The number of nitrogens with two attached hydrogens (primary N) is 1. The number of aromatic nitrogens is 2. The molecule has 20 heavy (non-hydrogen) atoms. The molecule has 0 saturated carbocycles. The summed E-state index contributed by atoms with van der Waals surface area (Å²) in [6.45, 7) is 3.97. The molecule has 0 fully saturated rings. The highest BCUT2D eigenvalue weighted by Crippen LogP contribution is 2.33. The number of benzene rings is 1. The van der Waals surface area contributed by atoms with Gasteiger partial charge in [-0.1, -0.05) is 11.6 Å². The van der Waals surface area contributed by atoms with E-state index in [0.717, 1.165) is 16.9 Å². The highest BCUT2D eigenvalue weighted by Gasteiger charge is 2.15. The lowest BCUT2D eigenvalue weighted by Gasteiger charge is -2.04. The zero-order valence-electron chi connectivity index (χ0n) is 11.1. The fraction of sp³-hybridized carbons (Fsp3) is 0.133. The molecule has 102 valence electrons. The second-order valence-electron chi connectivity index (χ2n) is 4.84. The molecule has 0 atom stereocenters. The van der Waals surface area contributed by atoms with Crippen LogP contribution in [-0.2, 0) is 0 Å². The number of aryl methyl sites for hydroxylation is 2. The topological polar surface area (TPSA) is 43.3 Å². The molecule has 0 saturated heterocycles. The van der Waals surface area contributed by atoms with Gasteiger partial charge in [-0.3, -0.25) is 4.40 Å². The molecule has 0 radical (unpaired) electrons. The Bertz CT molecular complexity index is 824. The number of nitrogen functional groups attached to an aromatic ring is 1. The molecule has 0 bridgehead atoms. The Hall–Kier alpha value is -2.07. The number of hydrogen-bond acceptors (Lipinski definition) is 2. The van der Waals surface area contributed by atoms with E-state index in [1.165, 1.54) is 12.1 Å². The largest absolute Gasteiger partial charge is 0.383 e. The molecule has 5 heteroatoms. The molecule has 0 amide bonds. The van der Waals surface area contributed by atoms with Gasteiger partial charge in [0, 0.05) is 11.3 Å². The smallest absolute Gasteiger partial charge is 0.139 e. The number of halogens is 2. The molecule has 2 heterocycles. The summed E-state index contributed by atoms with van der Waals surface area (Å²) in [5.41, 5.74) is 10.2. The summed E-state index contributed by atoms with van der Waals surface area (Å²) < 4.78 is 15.0. The van der Waals surface area contributed by atoms with Crippen molar-refractivity contribution in [3.63, 3.8) is 0 Å². The van der Waals surface area contributed by atoms with Crippen molar-refractivity contribution in [3.8, 4) is 11.3 Å². The average Bonchev–Trinajstić information content (AvgIpc) is 2.66. The Balaban J connectivity index is 2.32. The van der Waals surface area contributed by atoms with E-state index in [-0.39, 0.29) is 5.82 Å². The van der Waals surface area contributed by atoms with Crippen molar-refractivity contribution >= 4 is 23.1 Å². The van der Waals surface area contributed by atoms with Gasteiger partial charge in [-0.25, -0.2) is 9.37 Å². The molecule has 3 nitrogen and oxygen atoms in total. The van der Waals surface area contributed by atoms with Gasteiger partial charge < -0.3 is 5.73 Å². The first-order valence-corrected chi connectivity index (χ1v) is 6.56. The van der Waals surface area contributed by atoms with Gasteiger partial charge in [-0.15, -0.1) is 0 Å². The van der Waals surface area contributed by atoms with Crippen LogP contribution in [0.25, 0.3) is 16.9 Å². The molecular formula is C15H13ClFN3. The summed E-state index contributed by atoms with van der Waals surface area (Å²) in [5.74, 6) is 0.124. The van der Waals surface area contributed by atoms with Gasteiger partial charge in [0.05, 0.1) is 5.02 Å². The van der Waals surface area contributed by atoms with Gasteiger partial charge in [0.15, 0.2) is 0 Å². The normalized spacial score (nSPS) is 11.2. The number of hydrogen-bond donors (Lipinski definition) is 1. The lowest BCUT2D eigenvalue weighted by atomic mass is 10.1. The molecule has 3 aromatic rings. The predicted molar refractivity (Wildman–Crippen MR) is 79.5 cm³/mol. The first-order chi connectivity index (χ1) is 9.47. The van der Waals surface area contributed by atoms with Crippen LogP contribution < -0.4 is 5.73 Å². The molecule has 0 spiro atoms. The van der Waals surface area contributed by atoms with Crippen molar-refractivity contribution in [1.82, 2.24) is 9.38 Å². The SMILES string of the molecule is Cc1cc(C)n2c(N)c(-c3ccc(F)cc3Cl)nc2c1. The van der Waals surface area contributed by atoms with Crippen LogP contribution >= 0.6 is 11.6 Å². The van der Waals surface area contributed by atoms with E-state index >= 15 is 0 Å². The summed E-state index contributed by atoms with van der Waals surface area (Å²) in [7, 11) is 0. The van der Waals surface area contributed by atoms with Gasteiger partial charge in [0.1, 0.15) is 23.0 Å². The van der Waals surface area contributed by atoms with Crippen molar-refractivity contribution in [3.05, 3.63) is 52.4 Å². The van der Waals surface area contributed by atoms with E-state index in [0.29, 0.717) is 22.1 Å². The quantitative estimate of drug-likeness (QED) is 0.736. The molecule has 2 aromatic heterocycles. The van der Waals surface area contributed by atoms with Crippen molar-refractivity contribution in [2.24, 2.45) is 0 Å². The van der Waals surface area contributed by atoms with Gasteiger partial charge in [0.2, 0.25) is 0 Å². The third-order valence-corrected chi connectivity index (χ3v) is 3.58. The molecule has 1 aromatic carbocycles. The zero-order chi connectivity index (χ0) is 14.4. The van der Waals surface area contributed by atoms with Crippen molar-refractivity contribution < 1.29 is 4.39 Å². The van der Waals surface area contributed by atoms with E-state index in [1.54, 1.807) is 6.07 Å². The first kappa shape index (κ1) is 12.9. The molecule has 0 aliphatic carbocycles.